The average Bonchev–Trinajstić information content (AvgIpc) is 2.48. The number of rotatable bonds is 5. The lowest BCUT2D eigenvalue weighted by Gasteiger charge is -2.19. The number of nitrogens with zero attached hydrogens (tertiary/aromatic N) is 2. The van der Waals surface area contributed by atoms with Gasteiger partial charge in [0.05, 0.1) is 17.4 Å². The highest BCUT2D eigenvalue weighted by atomic mass is 19.2. The molecule has 1 aromatic carbocycles. The van der Waals surface area contributed by atoms with Crippen molar-refractivity contribution < 1.29 is 8.78 Å². The summed E-state index contributed by atoms with van der Waals surface area (Å²) in [5.41, 5.74) is 5.93. The summed E-state index contributed by atoms with van der Waals surface area (Å²) in [4.78, 5) is 0. The van der Waals surface area contributed by atoms with E-state index in [1.54, 1.807) is 6.07 Å². The third-order valence-electron chi connectivity index (χ3n) is 3.36. The molecule has 0 bridgehead atoms. The van der Waals surface area contributed by atoms with E-state index in [1.807, 2.05) is 19.9 Å². The van der Waals surface area contributed by atoms with E-state index in [1.165, 1.54) is 6.07 Å². The second-order valence-electron chi connectivity index (χ2n) is 4.91. The van der Waals surface area contributed by atoms with Crippen LogP contribution in [0.4, 0.5) is 8.78 Å². The Morgan fingerprint density at radius 1 is 1.19 bits per heavy atom. The molecule has 1 atom stereocenters. The summed E-state index contributed by atoms with van der Waals surface area (Å²) in [6.45, 7) is 3.83. The van der Waals surface area contributed by atoms with E-state index in [4.69, 9.17) is 5.84 Å². The van der Waals surface area contributed by atoms with Gasteiger partial charge in [-0.05, 0) is 49.1 Å². The molecule has 21 heavy (non-hydrogen) atoms. The largest absolute Gasteiger partial charge is 0.271 e. The third-order valence-corrected chi connectivity index (χ3v) is 3.36. The quantitative estimate of drug-likeness (QED) is 0.656. The van der Waals surface area contributed by atoms with Crippen molar-refractivity contribution in [3.8, 4) is 0 Å². The molecule has 0 aliphatic carbocycles. The van der Waals surface area contributed by atoms with Crippen molar-refractivity contribution >= 4 is 0 Å². The number of hydrazine groups is 1. The summed E-state index contributed by atoms with van der Waals surface area (Å²) < 4.78 is 26.3. The summed E-state index contributed by atoms with van der Waals surface area (Å²) in [6.07, 6.45) is 1.16. The zero-order chi connectivity index (χ0) is 15.4. The first-order valence-corrected chi connectivity index (χ1v) is 6.78. The van der Waals surface area contributed by atoms with Gasteiger partial charge in [-0.25, -0.2) is 8.78 Å². The molecule has 6 heteroatoms. The van der Waals surface area contributed by atoms with E-state index < -0.39 is 11.6 Å². The summed E-state index contributed by atoms with van der Waals surface area (Å²) in [7, 11) is 0. The monoisotopic (exact) mass is 292 g/mol. The third kappa shape index (κ3) is 3.59. The van der Waals surface area contributed by atoms with Gasteiger partial charge in [-0.3, -0.25) is 11.3 Å². The minimum Gasteiger partial charge on any atom is -0.271 e. The molecule has 2 aromatic rings. The SMILES string of the molecule is CCc1nnc(C)cc1C(Cc1ccc(F)c(F)c1)NN. The number of aromatic nitrogens is 2. The molecule has 112 valence electrons. The Morgan fingerprint density at radius 2 is 1.95 bits per heavy atom. The molecule has 0 aliphatic rings. The minimum atomic E-state index is -0.858. The molecule has 4 nitrogen and oxygen atoms in total. The van der Waals surface area contributed by atoms with Crippen LogP contribution >= 0.6 is 0 Å². The highest BCUT2D eigenvalue weighted by Gasteiger charge is 2.17. The lowest BCUT2D eigenvalue weighted by Crippen LogP contribution is -2.31. The van der Waals surface area contributed by atoms with Crippen LogP contribution in [0.25, 0.3) is 0 Å². The molecule has 0 saturated carbocycles. The van der Waals surface area contributed by atoms with Gasteiger partial charge in [0.2, 0.25) is 0 Å². The van der Waals surface area contributed by atoms with E-state index in [-0.39, 0.29) is 6.04 Å². The topological polar surface area (TPSA) is 63.8 Å². The van der Waals surface area contributed by atoms with Gasteiger partial charge in [-0.15, -0.1) is 0 Å². The van der Waals surface area contributed by atoms with Gasteiger partial charge in [0, 0.05) is 0 Å². The predicted octanol–water partition coefficient (Wildman–Crippen LogP) is 2.37. The van der Waals surface area contributed by atoms with Crippen LogP contribution in [0.15, 0.2) is 24.3 Å². The molecule has 3 N–H and O–H groups in total. The number of hydrogen-bond acceptors (Lipinski definition) is 4. The first-order chi connectivity index (χ1) is 10.0. The summed E-state index contributed by atoms with van der Waals surface area (Å²) in [5.74, 6) is 3.92. The van der Waals surface area contributed by atoms with Gasteiger partial charge in [-0.1, -0.05) is 13.0 Å². The lowest BCUT2D eigenvalue weighted by atomic mass is 9.97. The highest BCUT2D eigenvalue weighted by molar-refractivity contribution is 5.28. The van der Waals surface area contributed by atoms with Gasteiger partial charge < -0.3 is 0 Å². The molecular weight excluding hydrogens is 274 g/mol. The highest BCUT2D eigenvalue weighted by Crippen LogP contribution is 2.22. The van der Waals surface area contributed by atoms with Crippen molar-refractivity contribution in [3.05, 3.63) is 58.4 Å². The van der Waals surface area contributed by atoms with E-state index >= 15 is 0 Å². The Kier molecular flexibility index (Phi) is 4.93. The van der Waals surface area contributed by atoms with Crippen LogP contribution in [0.1, 0.15) is 35.5 Å². The zero-order valence-corrected chi connectivity index (χ0v) is 12.0. The number of halogens is 2. The van der Waals surface area contributed by atoms with E-state index in [2.05, 4.69) is 15.6 Å². The number of nitrogens with one attached hydrogen (secondary N) is 1. The van der Waals surface area contributed by atoms with Gasteiger partial charge in [-0.2, -0.15) is 10.2 Å². The molecular formula is C15H18F2N4. The Labute approximate surface area is 122 Å². The number of aryl methyl sites for hydroxylation is 2. The van der Waals surface area contributed by atoms with E-state index in [0.29, 0.717) is 12.0 Å². The number of benzene rings is 1. The Morgan fingerprint density at radius 3 is 2.57 bits per heavy atom. The average molecular weight is 292 g/mol. The van der Waals surface area contributed by atoms with Crippen LogP contribution in [-0.4, -0.2) is 10.2 Å². The smallest absolute Gasteiger partial charge is 0.159 e. The molecule has 0 saturated heterocycles. The summed E-state index contributed by atoms with van der Waals surface area (Å²) in [5, 5.41) is 8.19. The standard InChI is InChI=1S/C15H18F2N4/c1-3-14-11(6-9(2)20-21-14)15(19-18)8-10-4-5-12(16)13(17)7-10/h4-7,15,19H,3,8,18H2,1-2H3. The Balaban J connectivity index is 2.31. The number of hydrogen-bond donors (Lipinski definition) is 2. The van der Waals surface area contributed by atoms with Crippen molar-refractivity contribution in [2.45, 2.75) is 32.7 Å². The first kappa shape index (κ1) is 15.5. The van der Waals surface area contributed by atoms with Crippen LogP contribution < -0.4 is 11.3 Å². The maximum atomic E-state index is 13.3. The van der Waals surface area contributed by atoms with Crippen molar-refractivity contribution in [3.63, 3.8) is 0 Å². The van der Waals surface area contributed by atoms with Crippen molar-refractivity contribution in [2.24, 2.45) is 5.84 Å². The number of nitrogens with two attached hydrogens (primary N) is 1. The van der Waals surface area contributed by atoms with Crippen LogP contribution in [0.5, 0.6) is 0 Å². The summed E-state index contributed by atoms with van der Waals surface area (Å²) >= 11 is 0. The Hall–Kier alpha value is -1.92. The normalized spacial score (nSPS) is 12.4. The molecule has 0 fully saturated rings. The van der Waals surface area contributed by atoms with Crippen LogP contribution in [-0.2, 0) is 12.8 Å². The maximum Gasteiger partial charge on any atom is 0.159 e. The van der Waals surface area contributed by atoms with Gasteiger partial charge >= 0.3 is 0 Å². The maximum absolute atomic E-state index is 13.3. The lowest BCUT2D eigenvalue weighted by molar-refractivity contribution is 0.501. The summed E-state index contributed by atoms with van der Waals surface area (Å²) in [6, 6.07) is 5.53. The van der Waals surface area contributed by atoms with Gasteiger partial charge in [0.1, 0.15) is 0 Å². The van der Waals surface area contributed by atoms with Crippen LogP contribution in [0.3, 0.4) is 0 Å². The van der Waals surface area contributed by atoms with Gasteiger partial charge in [0.15, 0.2) is 11.6 Å². The van der Waals surface area contributed by atoms with E-state index in [0.717, 1.165) is 29.4 Å². The minimum absolute atomic E-state index is 0.237. The molecule has 1 unspecified atom stereocenters. The molecule has 0 spiro atoms. The predicted molar refractivity (Wildman–Crippen MR) is 76.3 cm³/mol. The van der Waals surface area contributed by atoms with E-state index in [9.17, 15) is 8.78 Å². The fourth-order valence-corrected chi connectivity index (χ4v) is 2.27. The molecule has 0 aliphatic heterocycles. The van der Waals surface area contributed by atoms with Crippen molar-refractivity contribution in [1.29, 1.82) is 0 Å². The Bertz CT molecular complexity index is 631. The molecule has 0 radical (unpaired) electrons. The fraction of sp³-hybridized carbons (Fsp3) is 0.333. The second-order valence-corrected chi connectivity index (χ2v) is 4.91. The zero-order valence-electron chi connectivity index (χ0n) is 12.0. The first-order valence-electron chi connectivity index (χ1n) is 6.78. The van der Waals surface area contributed by atoms with Crippen molar-refractivity contribution in [2.75, 3.05) is 0 Å². The van der Waals surface area contributed by atoms with Gasteiger partial charge in [0.25, 0.3) is 0 Å². The second kappa shape index (κ2) is 6.69. The molecule has 1 aromatic heterocycles. The molecule has 2 rings (SSSR count). The molecule has 0 amide bonds. The van der Waals surface area contributed by atoms with Crippen molar-refractivity contribution in [1.82, 2.24) is 15.6 Å². The van der Waals surface area contributed by atoms with Crippen LogP contribution in [0.2, 0.25) is 0 Å². The molecule has 1 heterocycles. The van der Waals surface area contributed by atoms with Crippen LogP contribution in [0, 0.1) is 18.6 Å². The fourth-order valence-electron chi connectivity index (χ4n) is 2.27.